The lowest BCUT2D eigenvalue weighted by Gasteiger charge is -2.08. The van der Waals surface area contributed by atoms with Crippen LogP contribution in [-0.2, 0) is 4.74 Å². The molecule has 0 fully saturated rings. The van der Waals surface area contributed by atoms with Gasteiger partial charge in [-0.3, -0.25) is 0 Å². The molecule has 1 aromatic rings. The van der Waals surface area contributed by atoms with Gasteiger partial charge in [0.1, 0.15) is 22.4 Å². The minimum atomic E-state index is 0.446. The maximum atomic E-state index is 5.64. The molecular weight excluding hydrogens is 284 g/mol. The topological polar surface area (TPSA) is 73.1 Å². The summed E-state index contributed by atoms with van der Waals surface area (Å²) in [4.78, 5) is 7.97. The van der Waals surface area contributed by atoms with Gasteiger partial charge in [-0.05, 0) is 28.8 Å². The van der Waals surface area contributed by atoms with Gasteiger partial charge >= 0.3 is 0 Å². The smallest absolute Gasteiger partial charge is 0.145 e. The molecule has 1 rings (SSSR count). The third kappa shape index (κ3) is 5.32. The standard InChI is InChI=1S/C11H19BrN4O/c1-2-3-6-17-7-4-5-14-11-9(12)10(13)15-8-16-11/h8H,2-7H2,1H3,(H3,13,14,15,16). The minimum Gasteiger partial charge on any atom is -0.383 e. The van der Waals surface area contributed by atoms with Gasteiger partial charge in [0.05, 0.1) is 0 Å². The van der Waals surface area contributed by atoms with Crippen molar-refractivity contribution in [2.24, 2.45) is 0 Å². The van der Waals surface area contributed by atoms with E-state index in [4.69, 9.17) is 10.5 Å². The summed E-state index contributed by atoms with van der Waals surface area (Å²) in [5.74, 6) is 1.17. The zero-order valence-electron chi connectivity index (χ0n) is 10.1. The number of halogens is 1. The van der Waals surface area contributed by atoms with Crippen LogP contribution in [0.25, 0.3) is 0 Å². The highest BCUT2D eigenvalue weighted by Crippen LogP contribution is 2.23. The van der Waals surface area contributed by atoms with Crippen molar-refractivity contribution in [3.63, 3.8) is 0 Å². The quantitative estimate of drug-likeness (QED) is 0.722. The number of aromatic nitrogens is 2. The molecule has 0 spiro atoms. The molecule has 0 atom stereocenters. The monoisotopic (exact) mass is 302 g/mol. The minimum absolute atomic E-state index is 0.446. The van der Waals surface area contributed by atoms with Crippen molar-refractivity contribution in [2.45, 2.75) is 26.2 Å². The van der Waals surface area contributed by atoms with Crippen LogP contribution >= 0.6 is 15.9 Å². The lowest BCUT2D eigenvalue weighted by molar-refractivity contribution is 0.131. The van der Waals surface area contributed by atoms with Gasteiger partial charge in [-0.2, -0.15) is 0 Å². The molecule has 0 bridgehead atoms. The molecule has 3 N–H and O–H groups in total. The molecular formula is C11H19BrN4O. The number of nitrogen functional groups attached to an aromatic ring is 1. The third-order valence-corrected chi connectivity index (χ3v) is 3.00. The third-order valence-electron chi connectivity index (χ3n) is 2.22. The van der Waals surface area contributed by atoms with Gasteiger partial charge in [0.25, 0.3) is 0 Å². The van der Waals surface area contributed by atoms with E-state index in [9.17, 15) is 0 Å². The fourth-order valence-corrected chi connectivity index (χ4v) is 1.58. The number of nitrogens with one attached hydrogen (secondary N) is 1. The molecule has 0 saturated heterocycles. The molecule has 0 aromatic carbocycles. The second-order valence-electron chi connectivity index (χ2n) is 3.67. The molecule has 0 aliphatic rings. The van der Waals surface area contributed by atoms with Crippen molar-refractivity contribution in [3.05, 3.63) is 10.8 Å². The number of nitrogens with zero attached hydrogens (tertiary/aromatic N) is 2. The number of ether oxygens (including phenoxy) is 1. The maximum absolute atomic E-state index is 5.64. The number of nitrogens with two attached hydrogens (primary N) is 1. The Labute approximate surface area is 110 Å². The van der Waals surface area contributed by atoms with Crippen molar-refractivity contribution >= 4 is 27.6 Å². The van der Waals surface area contributed by atoms with Crippen LogP contribution in [0.1, 0.15) is 26.2 Å². The van der Waals surface area contributed by atoms with E-state index in [1.54, 1.807) is 0 Å². The second kappa shape index (κ2) is 8.25. The lowest BCUT2D eigenvalue weighted by Crippen LogP contribution is -2.09. The number of hydrogen-bond donors (Lipinski definition) is 2. The van der Waals surface area contributed by atoms with E-state index in [1.165, 1.54) is 12.7 Å². The van der Waals surface area contributed by atoms with Gasteiger partial charge in [-0.15, -0.1) is 0 Å². The SMILES string of the molecule is CCCCOCCCNc1ncnc(N)c1Br. The van der Waals surface area contributed by atoms with Crippen molar-refractivity contribution in [2.75, 3.05) is 30.8 Å². The van der Waals surface area contributed by atoms with E-state index >= 15 is 0 Å². The summed E-state index contributed by atoms with van der Waals surface area (Å²) in [6.07, 6.45) is 4.69. The number of hydrogen-bond acceptors (Lipinski definition) is 5. The lowest BCUT2D eigenvalue weighted by atomic mass is 10.3. The molecule has 0 aliphatic carbocycles. The molecule has 96 valence electrons. The molecule has 0 saturated carbocycles. The zero-order chi connectivity index (χ0) is 12.5. The number of rotatable bonds is 8. The van der Waals surface area contributed by atoms with Gasteiger partial charge in [-0.1, -0.05) is 13.3 Å². The molecule has 0 unspecified atom stereocenters. The maximum Gasteiger partial charge on any atom is 0.145 e. The number of unbranched alkanes of at least 4 members (excludes halogenated alkanes) is 1. The fraction of sp³-hybridized carbons (Fsp3) is 0.636. The second-order valence-corrected chi connectivity index (χ2v) is 4.46. The van der Waals surface area contributed by atoms with Crippen LogP contribution < -0.4 is 11.1 Å². The molecule has 0 amide bonds. The Morgan fingerprint density at radius 3 is 2.88 bits per heavy atom. The average Bonchev–Trinajstić information content (AvgIpc) is 2.33. The molecule has 6 heteroatoms. The molecule has 17 heavy (non-hydrogen) atoms. The summed E-state index contributed by atoms with van der Waals surface area (Å²) in [6.45, 7) is 4.58. The summed E-state index contributed by atoms with van der Waals surface area (Å²) in [5.41, 5.74) is 5.64. The van der Waals surface area contributed by atoms with Gasteiger partial charge in [0.2, 0.25) is 0 Å². The summed E-state index contributed by atoms with van der Waals surface area (Å²) < 4.78 is 6.17. The predicted octanol–water partition coefficient (Wildman–Crippen LogP) is 2.44. The normalized spacial score (nSPS) is 10.5. The fourth-order valence-electron chi connectivity index (χ4n) is 1.24. The van der Waals surface area contributed by atoms with Crippen LogP contribution in [-0.4, -0.2) is 29.7 Å². The Morgan fingerprint density at radius 2 is 2.12 bits per heavy atom. The van der Waals surface area contributed by atoms with Gasteiger partial charge < -0.3 is 15.8 Å². The van der Waals surface area contributed by atoms with Crippen molar-refractivity contribution in [3.8, 4) is 0 Å². The summed E-state index contributed by atoms with van der Waals surface area (Å²) in [6, 6.07) is 0. The first-order valence-electron chi connectivity index (χ1n) is 5.83. The summed E-state index contributed by atoms with van der Waals surface area (Å²) in [7, 11) is 0. The van der Waals surface area contributed by atoms with Gasteiger partial charge in [0.15, 0.2) is 0 Å². The van der Waals surface area contributed by atoms with E-state index in [2.05, 4.69) is 38.1 Å². The Morgan fingerprint density at radius 1 is 1.35 bits per heavy atom. The highest BCUT2D eigenvalue weighted by Gasteiger charge is 2.04. The highest BCUT2D eigenvalue weighted by atomic mass is 79.9. The van der Waals surface area contributed by atoms with E-state index in [-0.39, 0.29) is 0 Å². The van der Waals surface area contributed by atoms with Gasteiger partial charge in [-0.25, -0.2) is 9.97 Å². The van der Waals surface area contributed by atoms with Crippen LogP contribution in [0.3, 0.4) is 0 Å². The van der Waals surface area contributed by atoms with E-state index in [0.29, 0.717) is 10.3 Å². The summed E-state index contributed by atoms with van der Waals surface area (Å²) in [5, 5.41) is 3.19. The first kappa shape index (κ1) is 14.2. The average molecular weight is 303 g/mol. The van der Waals surface area contributed by atoms with Crippen molar-refractivity contribution in [1.82, 2.24) is 9.97 Å². The van der Waals surface area contributed by atoms with Crippen molar-refractivity contribution < 1.29 is 4.74 Å². The first-order chi connectivity index (χ1) is 8.25. The van der Waals surface area contributed by atoms with Crippen LogP contribution in [0.2, 0.25) is 0 Å². The van der Waals surface area contributed by atoms with Crippen LogP contribution in [0.5, 0.6) is 0 Å². The largest absolute Gasteiger partial charge is 0.383 e. The molecule has 5 nitrogen and oxygen atoms in total. The van der Waals surface area contributed by atoms with Gasteiger partial charge in [0, 0.05) is 19.8 Å². The van der Waals surface area contributed by atoms with Crippen LogP contribution in [0, 0.1) is 0 Å². The first-order valence-corrected chi connectivity index (χ1v) is 6.62. The van der Waals surface area contributed by atoms with E-state index in [1.807, 2.05) is 0 Å². The Kier molecular flexibility index (Phi) is 6.88. The highest BCUT2D eigenvalue weighted by molar-refractivity contribution is 9.10. The molecule has 1 heterocycles. The Balaban J connectivity index is 2.16. The zero-order valence-corrected chi connectivity index (χ0v) is 11.7. The van der Waals surface area contributed by atoms with Crippen LogP contribution in [0.4, 0.5) is 11.6 Å². The Bertz CT molecular complexity index is 335. The molecule has 0 aliphatic heterocycles. The number of anilines is 2. The Hall–Kier alpha value is -0.880. The summed E-state index contributed by atoms with van der Waals surface area (Å²) >= 11 is 3.34. The predicted molar refractivity (Wildman–Crippen MR) is 73.0 cm³/mol. The van der Waals surface area contributed by atoms with E-state index in [0.717, 1.165) is 38.4 Å². The molecule has 1 aromatic heterocycles. The van der Waals surface area contributed by atoms with Crippen LogP contribution in [0.15, 0.2) is 10.8 Å². The van der Waals surface area contributed by atoms with Crippen molar-refractivity contribution in [1.29, 1.82) is 0 Å². The van der Waals surface area contributed by atoms with E-state index < -0.39 is 0 Å². The molecule has 0 radical (unpaired) electrons.